The number of fused-ring (bicyclic) bond motifs is 9. The molecule has 162 valence electrons. The second-order valence-corrected chi connectivity index (χ2v) is 9.93. The topological polar surface area (TPSA) is 17.6 Å². The summed E-state index contributed by atoms with van der Waals surface area (Å²) >= 11 is 6.57. The molecule has 0 bridgehead atoms. The summed E-state index contributed by atoms with van der Waals surface area (Å²) in [5.41, 5.74) is 5.36. The van der Waals surface area contributed by atoms with Gasteiger partial charge in [0.05, 0.1) is 16.6 Å². The van der Waals surface area contributed by atoms with Gasteiger partial charge in [0.2, 0.25) is 0 Å². The third-order valence-electron chi connectivity index (χ3n) is 7.74. The first kappa shape index (κ1) is 18.1. The van der Waals surface area contributed by atoms with Crippen molar-refractivity contribution in [3.05, 3.63) is 102 Å². The van der Waals surface area contributed by atoms with Crippen molar-refractivity contribution in [3.63, 3.8) is 0 Å². The number of nitrogens with zero attached hydrogens (tertiary/aromatic N) is 1. The summed E-state index contributed by atoms with van der Waals surface area (Å²) in [6, 6.07) is 34.6. The Morgan fingerprint density at radius 3 is 2.26 bits per heavy atom. The minimum absolute atomic E-state index is 0.742. The van der Waals surface area contributed by atoms with Gasteiger partial charge in [-0.1, -0.05) is 72.3 Å². The fourth-order valence-electron chi connectivity index (χ4n) is 6.30. The van der Waals surface area contributed by atoms with E-state index in [1.165, 1.54) is 43.2 Å². The molecule has 2 nitrogen and oxygen atoms in total. The highest BCUT2D eigenvalue weighted by Gasteiger charge is 2.20. The molecule has 0 fully saturated rings. The second-order valence-electron chi connectivity index (χ2n) is 9.49. The fraction of sp³-hybridized carbons (Fsp3) is 0. The third-order valence-corrected chi connectivity index (χ3v) is 7.97. The number of halogens is 1. The lowest BCUT2D eigenvalue weighted by atomic mass is 9.96. The molecule has 0 unspecified atom stereocenters. The maximum atomic E-state index is 6.57. The first-order valence-electron chi connectivity index (χ1n) is 11.8. The Bertz CT molecular complexity index is 2340. The Morgan fingerprint density at radius 1 is 0.514 bits per heavy atom. The van der Waals surface area contributed by atoms with Crippen LogP contribution in [-0.4, -0.2) is 4.40 Å². The maximum absolute atomic E-state index is 6.57. The van der Waals surface area contributed by atoms with E-state index in [9.17, 15) is 0 Å². The van der Waals surface area contributed by atoms with Crippen molar-refractivity contribution in [3.8, 4) is 0 Å². The minimum Gasteiger partial charge on any atom is -0.456 e. The number of rotatable bonds is 0. The van der Waals surface area contributed by atoms with Crippen molar-refractivity contribution in [2.45, 2.75) is 0 Å². The van der Waals surface area contributed by atoms with Crippen LogP contribution in [0.25, 0.3) is 81.6 Å². The van der Waals surface area contributed by atoms with Crippen molar-refractivity contribution < 1.29 is 4.42 Å². The zero-order chi connectivity index (χ0) is 22.8. The van der Waals surface area contributed by atoms with E-state index in [1.807, 2.05) is 18.2 Å². The van der Waals surface area contributed by atoms with E-state index in [0.717, 1.165) is 43.4 Å². The summed E-state index contributed by atoms with van der Waals surface area (Å²) in [5, 5.41) is 13.0. The lowest BCUT2D eigenvalue weighted by Crippen LogP contribution is -1.85. The van der Waals surface area contributed by atoms with E-state index >= 15 is 0 Å². The number of hydrogen-bond donors (Lipinski definition) is 0. The Morgan fingerprint density at radius 2 is 1.31 bits per heavy atom. The van der Waals surface area contributed by atoms with E-state index in [-0.39, 0.29) is 0 Å². The normalized spacial score (nSPS) is 12.7. The van der Waals surface area contributed by atoms with E-state index in [0.29, 0.717) is 0 Å². The van der Waals surface area contributed by atoms with Crippen LogP contribution in [0.1, 0.15) is 0 Å². The van der Waals surface area contributed by atoms with Gasteiger partial charge in [0.1, 0.15) is 11.2 Å². The van der Waals surface area contributed by atoms with Gasteiger partial charge in [-0.25, -0.2) is 0 Å². The van der Waals surface area contributed by atoms with Gasteiger partial charge in [-0.2, -0.15) is 0 Å². The molecule has 3 heterocycles. The SMILES string of the molecule is Clc1ccc2c(c1)c1cccc3ccc4ccc5c6cc7c(cc6n2c5c4c31)oc1ccccc17. The first-order valence-corrected chi connectivity index (χ1v) is 12.2. The molecule has 6 aromatic carbocycles. The van der Waals surface area contributed by atoms with Crippen LogP contribution in [0, 0.1) is 0 Å². The molecule has 0 saturated carbocycles. The predicted octanol–water partition coefficient (Wildman–Crippen LogP) is 9.70. The van der Waals surface area contributed by atoms with Crippen LogP contribution >= 0.6 is 11.6 Å². The zero-order valence-corrected chi connectivity index (χ0v) is 19.2. The Balaban J connectivity index is 1.69. The third kappa shape index (κ3) is 2.12. The standard InChI is InChI=1S/C32H16ClNO/c33-19-11-13-26-23(14-19)21-6-3-4-17-8-9-18-10-12-22-24-15-25-20-5-1-2-7-28(20)35-29(25)16-27(24)34(26)32(22)31(18)30(17)21/h1-16H. The molecule has 0 spiro atoms. The van der Waals surface area contributed by atoms with Crippen molar-refractivity contribution in [2.24, 2.45) is 0 Å². The number of benzene rings is 6. The van der Waals surface area contributed by atoms with Gasteiger partial charge < -0.3 is 8.82 Å². The summed E-state index contributed by atoms with van der Waals surface area (Å²) in [6.07, 6.45) is 0. The van der Waals surface area contributed by atoms with Crippen LogP contribution in [0.2, 0.25) is 5.02 Å². The van der Waals surface area contributed by atoms with E-state index in [4.69, 9.17) is 16.0 Å². The molecule has 0 aliphatic carbocycles. The molecule has 0 atom stereocenters. The van der Waals surface area contributed by atoms with E-state index in [2.05, 4.69) is 83.3 Å². The predicted molar refractivity (Wildman–Crippen MR) is 148 cm³/mol. The summed E-state index contributed by atoms with van der Waals surface area (Å²) in [4.78, 5) is 0. The quantitative estimate of drug-likeness (QED) is 0.204. The average molecular weight is 466 g/mol. The Kier molecular flexibility index (Phi) is 3.13. The Hall–Kier alpha value is -4.27. The van der Waals surface area contributed by atoms with Gasteiger partial charge in [-0.05, 0) is 51.9 Å². The lowest BCUT2D eigenvalue weighted by Gasteiger charge is -2.07. The molecule has 3 heteroatoms. The van der Waals surface area contributed by atoms with E-state index < -0.39 is 0 Å². The van der Waals surface area contributed by atoms with Crippen molar-refractivity contribution in [2.75, 3.05) is 0 Å². The molecule has 3 aromatic heterocycles. The first-order chi connectivity index (χ1) is 17.3. The molecule has 0 aliphatic heterocycles. The summed E-state index contributed by atoms with van der Waals surface area (Å²) in [5.74, 6) is 0. The number of furan rings is 1. The molecule has 35 heavy (non-hydrogen) atoms. The van der Waals surface area contributed by atoms with Crippen molar-refractivity contribution >= 4 is 93.2 Å². The minimum atomic E-state index is 0.742. The zero-order valence-electron chi connectivity index (χ0n) is 18.5. The molecule has 0 N–H and O–H groups in total. The molecule has 9 rings (SSSR count). The van der Waals surface area contributed by atoms with Gasteiger partial charge in [0, 0.05) is 43.4 Å². The molecule has 9 aromatic rings. The number of hydrogen-bond acceptors (Lipinski definition) is 1. The molecular formula is C32H16ClNO. The van der Waals surface area contributed by atoms with Crippen LogP contribution in [0.15, 0.2) is 101 Å². The molecule has 0 amide bonds. The van der Waals surface area contributed by atoms with Crippen LogP contribution in [0.5, 0.6) is 0 Å². The molecule has 0 aliphatic rings. The Labute approximate surface area is 203 Å². The summed E-state index contributed by atoms with van der Waals surface area (Å²) in [6.45, 7) is 0. The molecular weight excluding hydrogens is 450 g/mol. The molecule has 0 radical (unpaired) electrons. The lowest BCUT2D eigenvalue weighted by molar-refractivity contribution is 0.669. The summed E-state index contributed by atoms with van der Waals surface area (Å²) in [7, 11) is 0. The highest BCUT2D eigenvalue weighted by atomic mass is 35.5. The largest absolute Gasteiger partial charge is 0.456 e. The van der Waals surface area contributed by atoms with E-state index in [1.54, 1.807) is 0 Å². The van der Waals surface area contributed by atoms with Crippen molar-refractivity contribution in [1.82, 2.24) is 4.40 Å². The van der Waals surface area contributed by atoms with Gasteiger partial charge in [0.25, 0.3) is 0 Å². The van der Waals surface area contributed by atoms with Gasteiger partial charge in [-0.3, -0.25) is 0 Å². The monoisotopic (exact) mass is 465 g/mol. The summed E-state index contributed by atoms with van der Waals surface area (Å²) < 4.78 is 8.73. The van der Waals surface area contributed by atoms with Crippen molar-refractivity contribution in [1.29, 1.82) is 0 Å². The number of para-hydroxylation sites is 1. The smallest absolute Gasteiger partial charge is 0.137 e. The van der Waals surface area contributed by atoms with Crippen LogP contribution in [0.4, 0.5) is 0 Å². The fourth-order valence-corrected chi connectivity index (χ4v) is 6.47. The highest BCUT2D eigenvalue weighted by Crippen LogP contribution is 2.44. The second kappa shape index (κ2) is 6.04. The van der Waals surface area contributed by atoms with Crippen LogP contribution < -0.4 is 0 Å². The number of aromatic nitrogens is 1. The highest BCUT2D eigenvalue weighted by molar-refractivity contribution is 6.35. The van der Waals surface area contributed by atoms with Crippen LogP contribution in [0.3, 0.4) is 0 Å². The van der Waals surface area contributed by atoms with Gasteiger partial charge >= 0.3 is 0 Å². The molecule has 0 saturated heterocycles. The van der Waals surface area contributed by atoms with Gasteiger partial charge in [-0.15, -0.1) is 0 Å². The van der Waals surface area contributed by atoms with Gasteiger partial charge in [0.15, 0.2) is 0 Å². The maximum Gasteiger partial charge on any atom is 0.137 e. The van der Waals surface area contributed by atoms with Crippen LogP contribution in [-0.2, 0) is 0 Å². The average Bonchev–Trinajstić information content (AvgIpc) is 3.37.